The van der Waals surface area contributed by atoms with Crippen LogP contribution in [0.3, 0.4) is 0 Å². The van der Waals surface area contributed by atoms with E-state index in [0.717, 1.165) is 6.42 Å². The molecule has 0 bridgehead atoms. The molecule has 11 heteroatoms. The molecule has 0 aliphatic rings. The fraction of sp³-hybridized carbons (Fsp3) is 0.250. The van der Waals surface area contributed by atoms with E-state index in [2.05, 4.69) is 16.2 Å². The molecule has 0 saturated heterocycles. The lowest BCUT2D eigenvalue weighted by Gasteiger charge is -2.14. The van der Waals surface area contributed by atoms with Crippen LogP contribution in [0.1, 0.15) is 15.9 Å². The summed E-state index contributed by atoms with van der Waals surface area (Å²) in [5, 5.41) is 2.67. The molecular formula is C28H31N3O8. The maximum atomic E-state index is 12.4. The van der Waals surface area contributed by atoms with Crippen molar-refractivity contribution in [3.8, 4) is 23.0 Å². The average Bonchev–Trinajstić information content (AvgIpc) is 2.96. The third kappa shape index (κ3) is 8.93. The van der Waals surface area contributed by atoms with E-state index in [0.29, 0.717) is 23.8 Å². The number of ether oxygens (including phenoxy) is 5. The normalized spacial score (nSPS) is 10.2. The van der Waals surface area contributed by atoms with Gasteiger partial charge in [-0.2, -0.15) is 0 Å². The number of carbonyl (C=O) groups excluding carboxylic acids is 3. The second-order valence-electron chi connectivity index (χ2n) is 8.07. The Morgan fingerprint density at radius 3 is 2.00 bits per heavy atom. The topological polar surface area (TPSA) is 133 Å². The first-order valence-corrected chi connectivity index (χ1v) is 12.0. The maximum Gasteiger partial charge on any atom is 0.269 e. The van der Waals surface area contributed by atoms with Crippen molar-refractivity contribution in [2.24, 2.45) is 0 Å². The highest BCUT2D eigenvalue weighted by atomic mass is 16.5. The number of hydrogen-bond donors (Lipinski definition) is 3. The smallest absolute Gasteiger partial charge is 0.269 e. The van der Waals surface area contributed by atoms with Gasteiger partial charge in [0.05, 0.1) is 27.9 Å². The number of carbonyl (C=O) groups is 3. The van der Waals surface area contributed by atoms with Crippen LogP contribution in [0.15, 0.2) is 66.7 Å². The Morgan fingerprint density at radius 1 is 0.744 bits per heavy atom. The van der Waals surface area contributed by atoms with E-state index in [4.69, 9.17) is 23.7 Å². The Bertz CT molecular complexity index is 1220. The standard InChI is InChI=1S/C28H31N3O8/c1-35-23-15-20(16-24(36-2)27(23)37-3)28(34)31-30-26(33)18-38-17-25(32)29-21-9-11-22(12-10-21)39-14-13-19-7-5-4-6-8-19/h4-12,15-16H,13-14,17-18H2,1-3H3,(H,29,32)(H,30,33)(H,31,34). The van der Waals surface area contributed by atoms with Gasteiger partial charge in [-0.25, -0.2) is 0 Å². The average molecular weight is 538 g/mol. The van der Waals surface area contributed by atoms with Gasteiger partial charge >= 0.3 is 0 Å². The lowest BCUT2D eigenvalue weighted by Crippen LogP contribution is -2.43. The fourth-order valence-corrected chi connectivity index (χ4v) is 3.45. The molecule has 0 atom stereocenters. The Labute approximate surface area is 226 Å². The van der Waals surface area contributed by atoms with Gasteiger partial charge in [0.15, 0.2) is 11.5 Å². The lowest BCUT2D eigenvalue weighted by molar-refractivity contribution is -0.129. The van der Waals surface area contributed by atoms with Gasteiger partial charge < -0.3 is 29.0 Å². The molecule has 39 heavy (non-hydrogen) atoms. The Hall–Kier alpha value is -4.77. The van der Waals surface area contributed by atoms with Gasteiger partial charge in [0.1, 0.15) is 19.0 Å². The highest BCUT2D eigenvalue weighted by Gasteiger charge is 2.17. The second-order valence-corrected chi connectivity index (χ2v) is 8.07. The summed E-state index contributed by atoms with van der Waals surface area (Å²) in [5.74, 6) is -0.128. The van der Waals surface area contributed by atoms with Crippen LogP contribution in [-0.2, 0) is 20.7 Å². The first kappa shape index (κ1) is 28.8. The van der Waals surface area contributed by atoms with Crippen LogP contribution in [0.5, 0.6) is 23.0 Å². The van der Waals surface area contributed by atoms with Crippen LogP contribution < -0.4 is 35.1 Å². The van der Waals surface area contributed by atoms with Crippen molar-refractivity contribution in [2.45, 2.75) is 6.42 Å². The molecule has 11 nitrogen and oxygen atoms in total. The van der Waals surface area contributed by atoms with Crippen molar-refractivity contribution in [3.05, 3.63) is 77.9 Å². The van der Waals surface area contributed by atoms with Gasteiger partial charge in [0.25, 0.3) is 11.8 Å². The van der Waals surface area contributed by atoms with Gasteiger partial charge in [0, 0.05) is 17.7 Å². The highest BCUT2D eigenvalue weighted by Crippen LogP contribution is 2.38. The third-order valence-corrected chi connectivity index (χ3v) is 5.35. The van der Waals surface area contributed by atoms with Gasteiger partial charge in [-0.3, -0.25) is 25.2 Å². The molecule has 0 aliphatic carbocycles. The molecule has 0 aromatic heterocycles. The van der Waals surface area contributed by atoms with Crippen molar-refractivity contribution >= 4 is 23.4 Å². The quantitative estimate of drug-likeness (QED) is 0.284. The predicted molar refractivity (Wildman–Crippen MR) is 143 cm³/mol. The molecule has 0 radical (unpaired) electrons. The Balaban J connectivity index is 1.36. The first-order chi connectivity index (χ1) is 18.9. The molecule has 0 saturated carbocycles. The summed E-state index contributed by atoms with van der Waals surface area (Å²) >= 11 is 0. The first-order valence-electron chi connectivity index (χ1n) is 12.0. The highest BCUT2D eigenvalue weighted by molar-refractivity contribution is 5.97. The van der Waals surface area contributed by atoms with Crippen molar-refractivity contribution in [2.75, 3.05) is 46.5 Å². The van der Waals surface area contributed by atoms with Crippen molar-refractivity contribution < 1.29 is 38.1 Å². The summed E-state index contributed by atoms with van der Waals surface area (Å²) in [7, 11) is 4.29. The van der Waals surface area contributed by atoms with Crippen LogP contribution >= 0.6 is 0 Å². The zero-order valence-electron chi connectivity index (χ0n) is 21.9. The van der Waals surface area contributed by atoms with Crippen LogP contribution in [0.2, 0.25) is 0 Å². The van der Waals surface area contributed by atoms with E-state index >= 15 is 0 Å². The molecule has 3 rings (SSSR count). The van der Waals surface area contributed by atoms with Gasteiger partial charge in [-0.15, -0.1) is 0 Å². The number of nitrogens with one attached hydrogen (secondary N) is 3. The van der Waals surface area contributed by atoms with Crippen molar-refractivity contribution in [1.29, 1.82) is 0 Å². The Kier molecular flexibility index (Phi) is 11.0. The van der Waals surface area contributed by atoms with Crippen molar-refractivity contribution in [3.63, 3.8) is 0 Å². The predicted octanol–water partition coefficient (Wildman–Crippen LogP) is 2.75. The summed E-state index contributed by atoms with van der Waals surface area (Å²) in [6.07, 6.45) is 0.791. The minimum absolute atomic E-state index is 0.165. The summed E-state index contributed by atoms with van der Waals surface area (Å²) in [5.41, 5.74) is 6.39. The molecule has 0 fully saturated rings. The van der Waals surface area contributed by atoms with Crippen LogP contribution in [-0.4, -0.2) is 58.9 Å². The second kappa shape index (κ2) is 14.8. The zero-order chi connectivity index (χ0) is 28.0. The number of rotatable bonds is 13. The molecule has 0 unspecified atom stereocenters. The van der Waals surface area contributed by atoms with E-state index < -0.39 is 24.3 Å². The maximum absolute atomic E-state index is 12.4. The fourth-order valence-electron chi connectivity index (χ4n) is 3.45. The van der Waals surface area contributed by atoms with E-state index in [1.807, 2.05) is 30.3 Å². The largest absolute Gasteiger partial charge is 0.493 e. The van der Waals surface area contributed by atoms with E-state index in [1.54, 1.807) is 24.3 Å². The zero-order valence-corrected chi connectivity index (χ0v) is 21.9. The number of hydrazine groups is 1. The minimum atomic E-state index is -0.652. The SMILES string of the molecule is COc1cc(C(=O)NNC(=O)COCC(=O)Nc2ccc(OCCc3ccccc3)cc2)cc(OC)c1OC. The number of benzene rings is 3. The van der Waals surface area contributed by atoms with Crippen LogP contribution in [0.25, 0.3) is 0 Å². The molecule has 3 aromatic carbocycles. The van der Waals surface area contributed by atoms with Gasteiger partial charge in [-0.05, 0) is 42.0 Å². The van der Waals surface area contributed by atoms with E-state index in [-0.39, 0.29) is 23.7 Å². The minimum Gasteiger partial charge on any atom is -0.493 e. The summed E-state index contributed by atoms with van der Waals surface area (Å²) in [6.45, 7) is -0.269. The monoisotopic (exact) mass is 537 g/mol. The molecule has 3 aromatic rings. The molecule has 206 valence electrons. The molecular weight excluding hydrogens is 506 g/mol. The number of anilines is 1. The Morgan fingerprint density at radius 2 is 1.38 bits per heavy atom. The van der Waals surface area contributed by atoms with E-state index in [9.17, 15) is 14.4 Å². The lowest BCUT2D eigenvalue weighted by atomic mass is 10.1. The molecule has 0 heterocycles. The van der Waals surface area contributed by atoms with Gasteiger partial charge in [-0.1, -0.05) is 30.3 Å². The summed E-state index contributed by atoms with van der Waals surface area (Å²) < 4.78 is 26.5. The van der Waals surface area contributed by atoms with Crippen molar-refractivity contribution in [1.82, 2.24) is 10.9 Å². The van der Waals surface area contributed by atoms with E-state index in [1.165, 1.54) is 39.0 Å². The molecule has 0 spiro atoms. The number of hydrogen-bond acceptors (Lipinski definition) is 8. The van der Waals surface area contributed by atoms with Gasteiger partial charge in [0.2, 0.25) is 11.7 Å². The molecule has 3 amide bonds. The number of amides is 3. The summed E-state index contributed by atoms with van der Waals surface area (Å²) in [6, 6.07) is 19.8. The number of methoxy groups -OCH3 is 3. The molecule has 3 N–H and O–H groups in total. The molecule has 0 aliphatic heterocycles. The third-order valence-electron chi connectivity index (χ3n) is 5.35. The summed E-state index contributed by atoms with van der Waals surface area (Å²) in [4.78, 5) is 36.6. The van der Waals surface area contributed by atoms with Crippen LogP contribution in [0.4, 0.5) is 5.69 Å². The van der Waals surface area contributed by atoms with Crippen LogP contribution in [0, 0.1) is 0 Å².